The van der Waals surface area contributed by atoms with Crippen molar-refractivity contribution in [1.82, 2.24) is 19.9 Å². The van der Waals surface area contributed by atoms with Crippen LogP contribution in [0.15, 0.2) is 72.8 Å². The van der Waals surface area contributed by atoms with Crippen molar-refractivity contribution in [3.8, 4) is 45.0 Å². The second kappa shape index (κ2) is 34.5. The maximum atomic E-state index is 12.0. The van der Waals surface area contributed by atoms with Crippen LogP contribution in [0.4, 0.5) is 0 Å². The SMILES string of the molecule is CCC(CC)c1cccc(C(CC)CC)c1-c1nc(CS(=O)(=O)[O-])[nH]c1-c1c(C(CC)CC)cccc1C(CC)CC.CCC(CC)c1cccc(C(CC)CC)c1-c1nc(CS(=O)(=O)[O-])[nH]c1-c1c(C(CC)CC)cccc1C(CC)CC.[Pd+2]. The van der Waals surface area contributed by atoms with Crippen LogP contribution < -0.4 is 0 Å². The van der Waals surface area contributed by atoms with Crippen LogP contribution in [0.2, 0.25) is 0 Å². The third-order valence-electron chi connectivity index (χ3n) is 19.0. The first-order valence-corrected chi connectivity index (χ1v) is 36.0. The van der Waals surface area contributed by atoms with E-state index in [1.165, 1.54) is 44.5 Å². The summed E-state index contributed by atoms with van der Waals surface area (Å²) in [5, 5.41) is 0. The minimum absolute atomic E-state index is 0. The second-order valence-corrected chi connectivity index (χ2v) is 26.4. The molecule has 0 atom stereocenters. The zero-order chi connectivity index (χ0) is 62.1. The molecule has 0 bridgehead atoms. The number of rotatable bonds is 32. The monoisotopic (exact) mass is 1290 g/mol. The Morgan fingerprint density at radius 3 is 0.635 bits per heavy atom. The van der Waals surface area contributed by atoms with E-state index in [0.29, 0.717) is 47.3 Å². The van der Waals surface area contributed by atoms with E-state index in [1.54, 1.807) is 0 Å². The summed E-state index contributed by atoms with van der Waals surface area (Å²) < 4.78 is 72.3. The summed E-state index contributed by atoms with van der Waals surface area (Å²) >= 11 is 0. The van der Waals surface area contributed by atoms with Gasteiger partial charge in [-0.15, -0.1) is 0 Å². The van der Waals surface area contributed by atoms with Gasteiger partial charge in [-0.25, -0.2) is 26.8 Å². The average Bonchev–Trinajstić information content (AvgIpc) is 2.80. The summed E-state index contributed by atoms with van der Waals surface area (Å²) in [6, 6.07) is 26.6. The molecule has 4 aromatic carbocycles. The van der Waals surface area contributed by atoms with Gasteiger partial charge in [-0.3, -0.25) is 0 Å². The predicted octanol–water partition coefficient (Wildman–Crippen LogP) is 20.8. The van der Waals surface area contributed by atoms with Gasteiger partial charge in [-0.2, -0.15) is 0 Å². The first kappa shape index (κ1) is 73.3. The van der Waals surface area contributed by atoms with Gasteiger partial charge in [0.15, 0.2) is 0 Å². The molecule has 0 aliphatic rings. The fraction of sp³-hybridized carbons (Fsp3) is 0.583. The van der Waals surface area contributed by atoms with E-state index in [1.807, 2.05) is 0 Å². The van der Waals surface area contributed by atoms with Crippen LogP contribution in [-0.2, 0) is 52.2 Å². The van der Waals surface area contributed by atoms with Gasteiger partial charge in [-0.05, 0) is 195 Å². The number of aromatic amines is 2. The largest absolute Gasteiger partial charge is 2.00 e. The number of hydrogen-bond donors (Lipinski definition) is 2. The van der Waals surface area contributed by atoms with E-state index in [9.17, 15) is 25.9 Å². The quantitative estimate of drug-likeness (QED) is 0.0310. The van der Waals surface area contributed by atoms with Gasteiger partial charge < -0.3 is 19.1 Å². The van der Waals surface area contributed by atoms with E-state index in [0.717, 1.165) is 148 Å². The van der Waals surface area contributed by atoms with Crippen molar-refractivity contribution >= 4 is 20.2 Å². The third kappa shape index (κ3) is 17.6. The van der Waals surface area contributed by atoms with Crippen LogP contribution in [-0.4, -0.2) is 45.9 Å². The van der Waals surface area contributed by atoms with Crippen molar-refractivity contribution in [2.45, 2.75) is 272 Å². The normalized spacial score (nSPS) is 12.3. The van der Waals surface area contributed by atoms with Crippen molar-refractivity contribution in [2.75, 3.05) is 0 Å². The van der Waals surface area contributed by atoms with Gasteiger partial charge in [0.25, 0.3) is 0 Å². The predicted molar refractivity (Wildman–Crippen MR) is 352 cm³/mol. The Kier molecular flexibility index (Phi) is 29.7. The maximum absolute atomic E-state index is 12.0. The molecule has 0 unspecified atom stereocenters. The minimum atomic E-state index is -4.53. The summed E-state index contributed by atoms with van der Waals surface area (Å²) in [6.07, 6.45) is 16.0. The van der Waals surface area contributed by atoms with E-state index in [-0.39, 0.29) is 32.1 Å². The first-order valence-electron chi connectivity index (χ1n) is 32.8. The number of nitrogens with one attached hydrogen (secondary N) is 2. The summed E-state index contributed by atoms with van der Waals surface area (Å²) in [4.78, 5) is 17.0. The Morgan fingerprint density at radius 1 is 0.318 bits per heavy atom. The Labute approximate surface area is 529 Å². The molecule has 0 amide bonds. The average molecular weight is 1290 g/mol. The van der Waals surface area contributed by atoms with Gasteiger partial charge in [0.2, 0.25) is 0 Å². The molecule has 2 aromatic heterocycles. The maximum Gasteiger partial charge on any atom is 2.00 e. The van der Waals surface area contributed by atoms with Crippen LogP contribution in [0.1, 0.15) is 317 Å². The first-order chi connectivity index (χ1) is 40.2. The summed E-state index contributed by atoms with van der Waals surface area (Å²) in [5.41, 5.74) is 18.0. The molecule has 0 saturated heterocycles. The van der Waals surface area contributed by atoms with Crippen LogP contribution in [0.5, 0.6) is 0 Å². The Bertz CT molecular complexity index is 2710. The van der Waals surface area contributed by atoms with Gasteiger partial charge in [0.1, 0.15) is 31.9 Å². The topological polar surface area (TPSA) is 172 Å². The molecule has 472 valence electrons. The van der Waals surface area contributed by atoms with Crippen LogP contribution in [0.3, 0.4) is 0 Å². The van der Waals surface area contributed by atoms with E-state index in [2.05, 4.69) is 194 Å². The van der Waals surface area contributed by atoms with E-state index < -0.39 is 31.7 Å². The van der Waals surface area contributed by atoms with Gasteiger partial charge >= 0.3 is 20.4 Å². The number of aromatic nitrogens is 4. The second-order valence-electron chi connectivity index (χ2n) is 23.6. The molecule has 0 saturated carbocycles. The molecule has 6 rings (SSSR count). The fourth-order valence-corrected chi connectivity index (χ4v) is 15.0. The molecule has 85 heavy (non-hydrogen) atoms. The number of hydrogen-bond acceptors (Lipinski definition) is 8. The molecule has 13 heteroatoms. The molecule has 0 aliphatic carbocycles. The molecule has 0 aliphatic heterocycles. The van der Waals surface area contributed by atoms with Crippen molar-refractivity contribution in [2.24, 2.45) is 0 Å². The molecule has 2 heterocycles. The van der Waals surface area contributed by atoms with Gasteiger partial charge in [0.05, 0.1) is 34.3 Å². The smallest absolute Gasteiger partial charge is 0.748 e. The fourth-order valence-electron chi connectivity index (χ4n) is 14.1. The van der Waals surface area contributed by atoms with Crippen molar-refractivity contribution in [3.05, 3.63) is 129 Å². The van der Waals surface area contributed by atoms with Gasteiger partial charge in [-0.1, -0.05) is 184 Å². The van der Waals surface area contributed by atoms with Crippen molar-refractivity contribution in [1.29, 1.82) is 0 Å². The Balaban J connectivity index is 0.000000360. The molecule has 2 N–H and O–H groups in total. The molecule has 0 radical (unpaired) electrons. The molecule has 0 spiro atoms. The van der Waals surface area contributed by atoms with Crippen molar-refractivity contribution in [3.63, 3.8) is 0 Å². The van der Waals surface area contributed by atoms with Crippen LogP contribution >= 0.6 is 0 Å². The van der Waals surface area contributed by atoms with Crippen molar-refractivity contribution < 1.29 is 46.4 Å². The number of nitrogens with zero attached hydrogens (tertiary/aromatic N) is 2. The molecular formula is C72H106N4O6PdS2. The zero-order valence-corrected chi connectivity index (χ0v) is 57.9. The number of imidazole rings is 2. The van der Waals surface area contributed by atoms with Crippen LogP contribution in [0, 0.1) is 0 Å². The molecule has 10 nitrogen and oxygen atoms in total. The number of benzene rings is 4. The molecule has 0 fully saturated rings. The summed E-state index contributed by atoms with van der Waals surface area (Å²) in [5.74, 6) is 1.93. The third-order valence-corrected chi connectivity index (χ3v) is 20.3. The molecule has 6 aromatic rings. The summed E-state index contributed by atoms with van der Waals surface area (Å²) in [6.45, 7) is 35.7. The zero-order valence-electron chi connectivity index (χ0n) is 54.8. The van der Waals surface area contributed by atoms with Gasteiger partial charge in [0, 0.05) is 22.3 Å². The molecular weight excluding hydrogens is 1190 g/mol. The van der Waals surface area contributed by atoms with E-state index in [4.69, 9.17) is 9.97 Å². The Hall–Kier alpha value is -4.22. The Morgan fingerprint density at radius 2 is 0.482 bits per heavy atom. The van der Waals surface area contributed by atoms with Crippen LogP contribution in [0.25, 0.3) is 45.0 Å². The number of H-pyrrole nitrogens is 2. The minimum Gasteiger partial charge on any atom is -0.748 e. The van der Waals surface area contributed by atoms with E-state index >= 15 is 0 Å². The standard InChI is InChI=1S/2C36H54N2O3S.Pd/c2*1-9-24(10-2)28-19-17-20-29(25(11-3)12-4)33(28)35-36(38-32(37-35)23-42(39,40)41)34-30(26(13-5)14-6)21-18-22-31(34)27(15-7)16-8;/h2*17-22,24-27H,9-16,23H2,1-8H3,(H,37,38)(H,39,40,41);/q;;+2/p-2. The summed E-state index contributed by atoms with van der Waals surface area (Å²) in [7, 11) is -9.06.